The van der Waals surface area contributed by atoms with Gasteiger partial charge in [0.1, 0.15) is 0 Å². The molecule has 0 aromatic rings. The Bertz CT molecular complexity index is 341. The fourth-order valence-corrected chi connectivity index (χ4v) is 0. The van der Waals surface area contributed by atoms with Crippen molar-refractivity contribution in [3.8, 4) is 0 Å². The molecule has 0 rings (SSSR count). The van der Waals surface area contributed by atoms with Gasteiger partial charge < -0.3 is 27.3 Å². The van der Waals surface area contributed by atoms with Gasteiger partial charge in [-0.3, -0.25) is 25.3 Å². The Morgan fingerprint density at radius 3 is 0.412 bits per heavy atom. The molecule has 0 atom stereocenters. The Labute approximate surface area is 156 Å². The van der Waals surface area contributed by atoms with E-state index in [9.17, 15) is 0 Å². The molecule has 0 aliphatic carbocycles. The second kappa shape index (κ2) is 13.1. The Morgan fingerprint density at radius 1 is 0.412 bits per heavy atom. The van der Waals surface area contributed by atoms with Gasteiger partial charge >= 0.3 is 74.6 Å². The third-order valence-corrected chi connectivity index (χ3v) is 0. The van der Waals surface area contributed by atoms with Crippen molar-refractivity contribution in [2.45, 2.75) is 0 Å². The molecule has 0 N–H and O–H groups in total. The molecule has 0 amide bonds. The molecule has 0 unspecified atom stereocenters. The van der Waals surface area contributed by atoms with E-state index in [4.69, 9.17) is 52.6 Å². The predicted molar refractivity (Wildman–Crippen MR) is 31.4 cm³/mol. The van der Waals surface area contributed by atoms with E-state index in [0.29, 0.717) is 0 Å². The van der Waals surface area contributed by atoms with Crippen molar-refractivity contribution < 1.29 is 127 Å². The van der Waals surface area contributed by atoms with Crippen molar-refractivity contribution in [3.63, 3.8) is 0 Å². The molecule has 0 aromatic carbocycles. The van der Waals surface area contributed by atoms with Gasteiger partial charge in [0.15, 0.2) is 0 Å². The smallest absolute Gasteiger partial charge is 0.759 e. The number of hydrogen-bond acceptors (Lipinski definition) is 12. The molecule has 0 aliphatic rings. The van der Waals surface area contributed by atoms with Gasteiger partial charge in [0, 0.05) is 31.2 Å². The van der Waals surface area contributed by atoms with Crippen molar-refractivity contribution in [2.75, 3.05) is 0 Å². The fourth-order valence-electron chi connectivity index (χ4n) is 0. The summed E-state index contributed by atoms with van der Waals surface area (Å²) in [4.78, 5) is 0. The van der Waals surface area contributed by atoms with E-state index in [1.165, 1.54) is 0 Å². The largest absolute Gasteiger partial charge is 3.00 e. The summed E-state index contributed by atoms with van der Waals surface area (Å²) in [7, 11) is -15.5. The van der Waals surface area contributed by atoms with Gasteiger partial charge in [-0.1, -0.05) is 0 Å². The molecule has 17 heteroatoms. The summed E-state index contributed by atoms with van der Waals surface area (Å²) in [6.07, 6.45) is 0. The van der Waals surface area contributed by atoms with Crippen molar-refractivity contribution in [1.82, 2.24) is 0 Å². The molecular weight excluding hydrogens is 623 g/mol. The second-order valence-corrected chi connectivity index (χ2v) is 3.67. The Balaban J connectivity index is -0.0000000400. The molecular formula is Er2O12S3. The Kier molecular flexibility index (Phi) is 24.3. The summed E-state index contributed by atoms with van der Waals surface area (Å²) in [5.74, 6) is 0. The first-order chi connectivity index (χ1) is 6.00. The van der Waals surface area contributed by atoms with Crippen LogP contribution in [0, 0.1) is 74.6 Å². The summed E-state index contributed by atoms with van der Waals surface area (Å²) in [5.41, 5.74) is 0. The van der Waals surface area contributed by atoms with Crippen LogP contribution >= 0.6 is 0 Å². The molecule has 0 fully saturated rings. The van der Waals surface area contributed by atoms with E-state index in [2.05, 4.69) is 0 Å². The summed E-state index contributed by atoms with van der Waals surface area (Å²) in [6.45, 7) is 0. The molecule has 12 nitrogen and oxygen atoms in total. The van der Waals surface area contributed by atoms with Gasteiger partial charge in [-0.2, -0.15) is 0 Å². The summed E-state index contributed by atoms with van der Waals surface area (Å²) < 4.78 is 102. The zero-order valence-electron chi connectivity index (χ0n) is 6.70. The van der Waals surface area contributed by atoms with Gasteiger partial charge in [0.05, 0.1) is 0 Å². The van der Waals surface area contributed by atoms with Crippen LogP contribution in [0.2, 0.25) is 0 Å². The SMILES string of the molecule is O=S(=O)([O-])[O-].O=S(=O)([O-])[O-].O=S(=O)([O-])[O-].[Er+3].[Er+3]. The molecule has 2 radical (unpaired) electrons. The van der Waals surface area contributed by atoms with Crippen LogP contribution in [-0.2, 0) is 31.2 Å². The van der Waals surface area contributed by atoms with Crippen LogP contribution in [0.3, 0.4) is 0 Å². The van der Waals surface area contributed by atoms with Crippen molar-refractivity contribution >= 4 is 31.2 Å². The fraction of sp³-hybridized carbons (Fsp3) is 0. The predicted octanol–water partition coefficient (Wildman–Crippen LogP) is -4.01. The van der Waals surface area contributed by atoms with E-state index in [0.717, 1.165) is 0 Å². The van der Waals surface area contributed by atoms with Gasteiger partial charge in [-0.25, -0.2) is 0 Å². The van der Waals surface area contributed by atoms with Gasteiger partial charge in [-0.05, 0) is 0 Å². The van der Waals surface area contributed by atoms with Crippen LogP contribution in [0.5, 0.6) is 0 Å². The monoisotopic (exact) mass is 620 g/mol. The van der Waals surface area contributed by atoms with Crippen molar-refractivity contribution in [3.05, 3.63) is 0 Å². The van der Waals surface area contributed by atoms with E-state index in [1.54, 1.807) is 0 Å². The maximum absolute atomic E-state index is 8.52. The number of rotatable bonds is 0. The van der Waals surface area contributed by atoms with Crippen molar-refractivity contribution in [2.24, 2.45) is 0 Å². The molecule has 0 heterocycles. The molecule has 17 heavy (non-hydrogen) atoms. The standard InChI is InChI=1S/2Er.3H2O4S/c;;3*1-5(2,3)4/h;;3*(H2,1,2,3,4)/q2*+3;;;/p-6. The average Bonchev–Trinajstić information content (AvgIpc) is 1.41. The molecule has 0 saturated carbocycles. The molecule has 0 spiro atoms. The minimum Gasteiger partial charge on any atom is -0.759 e. The molecule has 0 saturated heterocycles. The Morgan fingerprint density at radius 2 is 0.412 bits per heavy atom. The zero-order chi connectivity index (χ0) is 13.5. The molecule has 0 aromatic heterocycles. The summed E-state index contributed by atoms with van der Waals surface area (Å²) in [5, 5.41) is 0. The maximum Gasteiger partial charge on any atom is 3.00 e. The quantitative estimate of drug-likeness (QED) is 0.185. The topological polar surface area (TPSA) is 241 Å². The van der Waals surface area contributed by atoms with Crippen molar-refractivity contribution in [1.29, 1.82) is 0 Å². The first kappa shape index (κ1) is 31.5. The molecule has 0 aliphatic heterocycles. The van der Waals surface area contributed by atoms with Crippen LogP contribution in [0.25, 0.3) is 0 Å². The number of hydrogen-bond donors (Lipinski definition) is 0. The van der Waals surface area contributed by atoms with Gasteiger partial charge in [0.25, 0.3) is 0 Å². The van der Waals surface area contributed by atoms with E-state index >= 15 is 0 Å². The zero-order valence-corrected chi connectivity index (χ0v) is 12.9. The minimum atomic E-state index is -5.17. The van der Waals surface area contributed by atoms with Crippen LogP contribution in [0.4, 0.5) is 0 Å². The summed E-state index contributed by atoms with van der Waals surface area (Å²) >= 11 is 0. The third kappa shape index (κ3) is 1060. The first-order valence-corrected chi connectivity index (χ1v) is 6.00. The van der Waals surface area contributed by atoms with E-state index < -0.39 is 31.2 Å². The van der Waals surface area contributed by atoms with E-state index in [1.807, 2.05) is 0 Å². The molecule has 114 valence electrons. The van der Waals surface area contributed by atoms with Gasteiger partial charge in [0.2, 0.25) is 0 Å². The third-order valence-electron chi connectivity index (χ3n) is 0. The Hall–Kier alpha value is 2.10. The van der Waals surface area contributed by atoms with Crippen LogP contribution in [0.1, 0.15) is 0 Å². The minimum absolute atomic E-state index is 0. The van der Waals surface area contributed by atoms with E-state index in [-0.39, 0.29) is 74.6 Å². The van der Waals surface area contributed by atoms with Crippen LogP contribution in [-0.4, -0.2) is 52.6 Å². The maximum atomic E-state index is 8.52. The van der Waals surface area contributed by atoms with Crippen LogP contribution < -0.4 is 0 Å². The van der Waals surface area contributed by atoms with Crippen LogP contribution in [0.15, 0.2) is 0 Å². The first-order valence-electron chi connectivity index (χ1n) is 2.00. The normalized spacial score (nSPS) is 10.2. The summed E-state index contributed by atoms with van der Waals surface area (Å²) in [6, 6.07) is 0. The second-order valence-electron chi connectivity index (χ2n) is 1.22. The van der Waals surface area contributed by atoms with Gasteiger partial charge in [-0.15, -0.1) is 0 Å². The average molecular weight is 623 g/mol. The molecule has 0 bridgehead atoms.